The van der Waals surface area contributed by atoms with Gasteiger partial charge >= 0.3 is 0 Å². The van der Waals surface area contributed by atoms with Gasteiger partial charge in [0.15, 0.2) is 0 Å². The number of nitriles is 1. The van der Waals surface area contributed by atoms with Crippen molar-refractivity contribution in [2.24, 2.45) is 0 Å². The number of aliphatic hydroxyl groups is 2. The standard InChI is InChI=1S/C18H21FN2O4/c1-17(24)11-18(25-10-15(17)22)4-6-21(7-5-18)16(23)13-3-2-12(9-20)8-14(13)19/h2-3,8,15,22,24H,4-7,10-11H2,1H3/t15-,17-/m0/s1. The lowest BCUT2D eigenvalue weighted by molar-refractivity contribution is -0.221. The molecule has 2 aliphatic rings. The van der Waals surface area contributed by atoms with E-state index in [1.165, 1.54) is 12.1 Å². The molecular formula is C18H21FN2O4. The second-order valence-electron chi connectivity index (χ2n) is 7.14. The fourth-order valence-corrected chi connectivity index (χ4v) is 3.62. The molecule has 25 heavy (non-hydrogen) atoms. The van der Waals surface area contributed by atoms with Gasteiger partial charge in [0, 0.05) is 19.5 Å². The highest BCUT2D eigenvalue weighted by Gasteiger charge is 2.49. The number of hydrogen-bond acceptors (Lipinski definition) is 5. The van der Waals surface area contributed by atoms with Crippen molar-refractivity contribution in [1.29, 1.82) is 5.26 Å². The molecule has 0 aliphatic carbocycles. The predicted molar refractivity (Wildman–Crippen MR) is 86.2 cm³/mol. The van der Waals surface area contributed by atoms with Crippen molar-refractivity contribution in [1.82, 2.24) is 4.90 Å². The average Bonchev–Trinajstić information content (AvgIpc) is 2.58. The minimum absolute atomic E-state index is 0.0538. The maximum absolute atomic E-state index is 14.1. The zero-order chi connectivity index (χ0) is 18.2. The number of piperidine rings is 1. The Morgan fingerprint density at radius 2 is 2.12 bits per heavy atom. The summed E-state index contributed by atoms with van der Waals surface area (Å²) in [5.74, 6) is -1.12. The number of halogens is 1. The zero-order valence-corrected chi connectivity index (χ0v) is 14.0. The molecule has 2 saturated heterocycles. The number of amides is 1. The topological polar surface area (TPSA) is 93.8 Å². The lowest BCUT2D eigenvalue weighted by Crippen LogP contribution is -2.59. The maximum atomic E-state index is 14.1. The molecule has 0 unspecified atom stereocenters. The number of nitrogens with zero attached hydrogens (tertiary/aromatic N) is 2. The van der Waals surface area contributed by atoms with Crippen LogP contribution in [0.3, 0.4) is 0 Å². The molecule has 3 rings (SSSR count). The molecule has 0 radical (unpaired) electrons. The van der Waals surface area contributed by atoms with E-state index in [1.54, 1.807) is 11.8 Å². The number of rotatable bonds is 1. The Morgan fingerprint density at radius 1 is 1.44 bits per heavy atom. The summed E-state index contributed by atoms with van der Waals surface area (Å²) >= 11 is 0. The van der Waals surface area contributed by atoms with Gasteiger partial charge in [-0.1, -0.05) is 0 Å². The molecule has 0 aromatic heterocycles. The molecule has 1 amide bonds. The van der Waals surface area contributed by atoms with Gasteiger partial charge in [0.2, 0.25) is 0 Å². The number of likely N-dealkylation sites (tertiary alicyclic amines) is 1. The van der Waals surface area contributed by atoms with E-state index < -0.39 is 29.0 Å². The third kappa shape index (κ3) is 3.38. The SMILES string of the molecule is C[C@]1(O)CC2(CCN(C(=O)c3ccc(C#N)cc3F)CC2)OC[C@@H]1O. The Hall–Kier alpha value is -2.01. The van der Waals surface area contributed by atoms with Gasteiger partial charge in [0.05, 0.1) is 35.0 Å². The number of aliphatic hydroxyl groups excluding tert-OH is 1. The van der Waals surface area contributed by atoms with Gasteiger partial charge < -0.3 is 19.8 Å². The van der Waals surface area contributed by atoms with Gasteiger partial charge in [-0.3, -0.25) is 4.79 Å². The summed E-state index contributed by atoms with van der Waals surface area (Å²) in [7, 11) is 0. The second-order valence-corrected chi connectivity index (χ2v) is 7.14. The van der Waals surface area contributed by atoms with Crippen LogP contribution in [0.4, 0.5) is 4.39 Å². The molecule has 1 aromatic carbocycles. The average molecular weight is 348 g/mol. The van der Waals surface area contributed by atoms with E-state index in [2.05, 4.69) is 0 Å². The first-order valence-electron chi connectivity index (χ1n) is 8.30. The van der Waals surface area contributed by atoms with E-state index in [0.29, 0.717) is 32.4 Å². The lowest BCUT2D eigenvalue weighted by atomic mass is 9.76. The Balaban J connectivity index is 1.68. The highest BCUT2D eigenvalue weighted by Crippen LogP contribution is 2.39. The summed E-state index contributed by atoms with van der Waals surface area (Å²) in [6, 6.07) is 5.65. The van der Waals surface area contributed by atoms with Crippen LogP contribution < -0.4 is 0 Å². The van der Waals surface area contributed by atoms with Gasteiger partial charge in [0.25, 0.3) is 5.91 Å². The fourth-order valence-electron chi connectivity index (χ4n) is 3.62. The largest absolute Gasteiger partial charge is 0.388 e. The van der Waals surface area contributed by atoms with Gasteiger partial charge in [-0.25, -0.2) is 4.39 Å². The van der Waals surface area contributed by atoms with E-state index in [9.17, 15) is 19.4 Å². The van der Waals surface area contributed by atoms with Crippen molar-refractivity contribution in [3.8, 4) is 6.07 Å². The van der Waals surface area contributed by atoms with Crippen LogP contribution in [0, 0.1) is 17.1 Å². The normalized spacial score (nSPS) is 28.6. The highest BCUT2D eigenvalue weighted by atomic mass is 19.1. The molecule has 134 valence electrons. The quantitative estimate of drug-likeness (QED) is 0.795. The van der Waals surface area contributed by atoms with Crippen LogP contribution >= 0.6 is 0 Å². The van der Waals surface area contributed by atoms with Crippen LogP contribution in [-0.4, -0.2) is 58.0 Å². The maximum Gasteiger partial charge on any atom is 0.256 e. The van der Waals surface area contributed by atoms with E-state index in [-0.39, 0.29) is 17.7 Å². The van der Waals surface area contributed by atoms with Crippen LogP contribution in [0.5, 0.6) is 0 Å². The van der Waals surface area contributed by atoms with Crippen LogP contribution in [0.2, 0.25) is 0 Å². The molecule has 6 nitrogen and oxygen atoms in total. The Morgan fingerprint density at radius 3 is 2.68 bits per heavy atom. The molecule has 1 spiro atoms. The summed E-state index contributed by atoms with van der Waals surface area (Å²) in [6.07, 6.45) is 0.401. The molecule has 2 fully saturated rings. The van der Waals surface area contributed by atoms with Crippen LogP contribution in [0.1, 0.15) is 42.1 Å². The van der Waals surface area contributed by atoms with E-state index in [4.69, 9.17) is 10.00 Å². The van der Waals surface area contributed by atoms with Gasteiger partial charge in [-0.2, -0.15) is 5.26 Å². The molecule has 2 N–H and O–H groups in total. The first-order valence-corrected chi connectivity index (χ1v) is 8.30. The summed E-state index contributed by atoms with van der Waals surface area (Å²) in [5, 5.41) is 28.9. The monoisotopic (exact) mass is 348 g/mol. The zero-order valence-electron chi connectivity index (χ0n) is 14.0. The molecule has 2 atom stereocenters. The summed E-state index contributed by atoms with van der Waals surface area (Å²) in [4.78, 5) is 14.1. The molecule has 1 aromatic rings. The Kier molecular flexibility index (Phi) is 4.54. The Bertz CT molecular complexity index is 720. The van der Waals surface area contributed by atoms with Gasteiger partial charge in [0.1, 0.15) is 11.9 Å². The number of ether oxygens (including phenoxy) is 1. The Labute approximate surface area is 145 Å². The van der Waals surface area contributed by atoms with Crippen molar-refractivity contribution >= 4 is 5.91 Å². The second kappa shape index (κ2) is 6.37. The fraction of sp³-hybridized carbons (Fsp3) is 0.556. The highest BCUT2D eigenvalue weighted by molar-refractivity contribution is 5.94. The summed E-state index contributed by atoms with van der Waals surface area (Å²) in [5.41, 5.74) is -1.67. The minimum atomic E-state index is -1.22. The summed E-state index contributed by atoms with van der Waals surface area (Å²) in [6.45, 7) is 2.41. The van der Waals surface area contributed by atoms with Crippen LogP contribution in [0.25, 0.3) is 0 Å². The minimum Gasteiger partial charge on any atom is -0.388 e. The molecule has 2 aliphatic heterocycles. The van der Waals surface area contributed by atoms with Crippen LogP contribution in [-0.2, 0) is 4.74 Å². The van der Waals surface area contributed by atoms with Crippen LogP contribution in [0.15, 0.2) is 18.2 Å². The summed E-state index contributed by atoms with van der Waals surface area (Å²) < 4.78 is 19.8. The van der Waals surface area contributed by atoms with E-state index in [0.717, 1.165) is 6.07 Å². The molecular weight excluding hydrogens is 327 g/mol. The number of benzene rings is 1. The molecule has 2 heterocycles. The van der Waals surface area contributed by atoms with Gasteiger partial charge in [-0.05, 0) is 38.0 Å². The predicted octanol–water partition coefficient (Wildman–Crippen LogP) is 1.20. The molecule has 0 bridgehead atoms. The smallest absolute Gasteiger partial charge is 0.256 e. The third-order valence-electron chi connectivity index (χ3n) is 5.24. The van der Waals surface area contributed by atoms with E-state index >= 15 is 0 Å². The third-order valence-corrected chi connectivity index (χ3v) is 5.24. The molecule has 7 heteroatoms. The first-order chi connectivity index (χ1) is 11.8. The van der Waals surface area contributed by atoms with Crippen molar-refractivity contribution < 1.29 is 24.1 Å². The van der Waals surface area contributed by atoms with Crippen molar-refractivity contribution in [2.75, 3.05) is 19.7 Å². The van der Waals surface area contributed by atoms with Crippen molar-refractivity contribution in [3.63, 3.8) is 0 Å². The number of carbonyl (C=O) groups excluding carboxylic acids is 1. The molecule has 0 saturated carbocycles. The van der Waals surface area contributed by atoms with Crippen molar-refractivity contribution in [3.05, 3.63) is 35.1 Å². The number of hydrogen-bond donors (Lipinski definition) is 2. The lowest BCUT2D eigenvalue weighted by Gasteiger charge is -2.49. The van der Waals surface area contributed by atoms with E-state index in [1.807, 2.05) is 6.07 Å². The first kappa shape index (κ1) is 17.8. The van der Waals surface area contributed by atoms with Gasteiger partial charge in [-0.15, -0.1) is 0 Å². The number of carbonyl (C=O) groups is 1. The van der Waals surface area contributed by atoms with Crippen molar-refractivity contribution in [2.45, 2.75) is 43.5 Å².